The molecule has 0 spiro atoms. The van der Waals surface area contributed by atoms with Crippen molar-refractivity contribution in [2.75, 3.05) is 18.3 Å². The van der Waals surface area contributed by atoms with Gasteiger partial charge in [-0.1, -0.05) is 23.7 Å². The maximum absolute atomic E-state index is 15.2. The summed E-state index contributed by atoms with van der Waals surface area (Å²) in [5, 5.41) is 2.89. The van der Waals surface area contributed by atoms with Crippen molar-refractivity contribution in [1.82, 2.24) is 9.55 Å². The normalized spacial score (nSPS) is 28.4. The van der Waals surface area contributed by atoms with Crippen LogP contribution in [0.5, 0.6) is 0 Å². The van der Waals surface area contributed by atoms with Crippen molar-refractivity contribution >= 4 is 37.1 Å². The van der Waals surface area contributed by atoms with Crippen LogP contribution in [0.25, 0.3) is 0 Å². The molecule has 0 amide bonds. The Labute approximate surface area is 219 Å². The molecule has 0 radical (unpaired) electrons. The lowest BCUT2D eigenvalue weighted by atomic mass is 10.1. The quantitative estimate of drug-likeness (QED) is 0.380. The van der Waals surface area contributed by atoms with Gasteiger partial charge in [-0.15, -0.1) is 0 Å². The first-order chi connectivity index (χ1) is 17.9. The number of rotatable bonds is 7. The highest BCUT2D eigenvalue weighted by Crippen LogP contribution is 2.55. The standard InChI is InChI=1S/C22H23ClF2N3O9P/c1-12(29)33-11-17-19(35-13(2)30)22(24,25)20(36-17)28-8-6-18(26-21(28)31)27-38(32)34-9-7-16(37-38)14-4-3-5-15(23)10-14/h3-6,8,10,16-17,19-20H,7,9,11H2,1-2H3,(H,26,27,31,32)/t16?,17-,19-,20-,38?/m1/s1. The van der Waals surface area contributed by atoms with E-state index in [1.165, 1.54) is 0 Å². The fourth-order valence-electron chi connectivity index (χ4n) is 3.94. The smallest absolute Gasteiger partial charge is 0.434 e. The van der Waals surface area contributed by atoms with Crippen LogP contribution in [-0.4, -0.2) is 52.8 Å². The zero-order valence-electron chi connectivity index (χ0n) is 20.0. The number of carbonyl (C=O) groups excluding carboxylic acids is 2. The van der Waals surface area contributed by atoms with Gasteiger partial charge in [0.1, 0.15) is 18.5 Å². The first-order valence-corrected chi connectivity index (χ1v) is 13.2. The summed E-state index contributed by atoms with van der Waals surface area (Å²) in [5.74, 6) is -5.96. The molecule has 4 rings (SSSR count). The molecule has 2 aliphatic heterocycles. The molecule has 2 aromatic rings. The van der Waals surface area contributed by atoms with Gasteiger partial charge in [-0.2, -0.15) is 13.8 Å². The van der Waals surface area contributed by atoms with E-state index in [1.807, 2.05) is 0 Å². The Bertz CT molecular complexity index is 1330. The zero-order valence-corrected chi connectivity index (χ0v) is 21.7. The third-order valence-corrected chi connectivity index (χ3v) is 7.35. The molecule has 16 heteroatoms. The number of hydrogen-bond donors (Lipinski definition) is 1. The Hall–Kier alpha value is -2.90. The number of benzene rings is 1. The first-order valence-electron chi connectivity index (χ1n) is 11.3. The SMILES string of the molecule is CC(=O)OC[C@H]1O[C@@H](n2ccc(NP3(=O)OCCC(c4cccc(Cl)c4)O3)nc2=O)C(F)(F)[C@@H]1OC(C)=O. The monoisotopic (exact) mass is 577 g/mol. The maximum atomic E-state index is 15.2. The molecular formula is C22H23ClF2N3O9P. The number of nitrogens with zero attached hydrogens (tertiary/aromatic N) is 2. The first kappa shape index (κ1) is 28.1. The van der Waals surface area contributed by atoms with Crippen LogP contribution >= 0.6 is 19.3 Å². The molecule has 0 saturated carbocycles. The van der Waals surface area contributed by atoms with Crippen molar-refractivity contribution in [3.63, 3.8) is 0 Å². The minimum absolute atomic E-state index is 0.0575. The Kier molecular flexibility index (Phi) is 8.19. The van der Waals surface area contributed by atoms with Crippen LogP contribution in [0.4, 0.5) is 14.6 Å². The molecule has 0 aliphatic carbocycles. The van der Waals surface area contributed by atoms with Gasteiger partial charge in [-0.3, -0.25) is 28.3 Å². The number of alkyl halides is 2. The van der Waals surface area contributed by atoms with E-state index in [0.717, 1.165) is 26.1 Å². The number of nitrogens with one attached hydrogen (secondary N) is 1. The summed E-state index contributed by atoms with van der Waals surface area (Å²) in [7, 11) is -4.00. The molecule has 12 nitrogen and oxygen atoms in total. The fourth-order valence-corrected chi connectivity index (χ4v) is 5.63. The Balaban J connectivity index is 1.53. The minimum Gasteiger partial charge on any atom is -0.463 e. The predicted molar refractivity (Wildman–Crippen MR) is 127 cm³/mol. The Morgan fingerprint density at radius 1 is 1.29 bits per heavy atom. The lowest BCUT2D eigenvalue weighted by Crippen LogP contribution is -2.44. The molecule has 2 saturated heterocycles. The van der Waals surface area contributed by atoms with E-state index in [1.54, 1.807) is 24.3 Å². The van der Waals surface area contributed by atoms with Crippen molar-refractivity contribution in [2.24, 2.45) is 0 Å². The lowest BCUT2D eigenvalue weighted by molar-refractivity contribution is -0.174. The van der Waals surface area contributed by atoms with E-state index in [-0.39, 0.29) is 12.4 Å². The van der Waals surface area contributed by atoms with Crippen LogP contribution in [0, 0.1) is 0 Å². The number of esters is 2. The van der Waals surface area contributed by atoms with E-state index in [2.05, 4.69) is 10.1 Å². The molecule has 3 heterocycles. The van der Waals surface area contributed by atoms with Crippen molar-refractivity contribution in [1.29, 1.82) is 0 Å². The Morgan fingerprint density at radius 3 is 2.71 bits per heavy atom. The van der Waals surface area contributed by atoms with Crippen LogP contribution in [0.2, 0.25) is 5.02 Å². The maximum Gasteiger partial charge on any atom is 0.434 e. The number of anilines is 1. The average molecular weight is 578 g/mol. The molecule has 2 fully saturated rings. The third-order valence-electron chi connectivity index (χ3n) is 5.56. The second kappa shape index (κ2) is 11.1. The van der Waals surface area contributed by atoms with Crippen molar-refractivity contribution in [3.05, 3.63) is 57.6 Å². The molecular weight excluding hydrogens is 555 g/mol. The van der Waals surface area contributed by atoms with Gasteiger partial charge in [0.05, 0.1) is 12.7 Å². The number of aromatic nitrogens is 2. The molecule has 206 valence electrons. The summed E-state index contributed by atoms with van der Waals surface area (Å²) >= 11 is 6.02. The highest BCUT2D eigenvalue weighted by atomic mass is 35.5. The summed E-state index contributed by atoms with van der Waals surface area (Å²) in [5.41, 5.74) is -0.540. The van der Waals surface area contributed by atoms with Crippen LogP contribution < -0.4 is 10.8 Å². The van der Waals surface area contributed by atoms with E-state index < -0.39 is 62.4 Å². The van der Waals surface area contributed by atoms with E-state index in [9.17, 15) is 18.9 Å². The minimum atomic E-state index is -4.00. The predicted octanol–water partition coefficient (Wildman–Crippen LogP) is 3.62. The second-order valence-electron chi connectivity index (χ2n) is 8.42. The molecule has 1 aromatic carbocycles. The lowest BCUT2D eigenvalue weighted by Gasteiger charge is -2.30. The molecule has 5 atom stereocenters. The van der Waals surface area contributed by atoms with Gasteiger partial charge in [0, 0.05) is 31.5 Å². The molecule has 1 N–H and O–H groups in total. The number of carbonyl (C=O) groups is 2. The summed E-state index contributed by atoms with van der Waals surface area (Å²) < 4.78 is 69.7. The van der Waals surface area contributed by atoms with Crippen molar-refractivity contribution in [2.45, 2.75) is 50.7 Å². The summed E-state index contributed by atoms with van der Waals surface area (Å²) in [4.78, 5) is 38.9. The fraction of sp³-hybridized carbons (Fsp3) is 0.455. The van der Waals surface area contributed by atoms with Gasteiger partial charge in [0.15, 0.2) is 6.10 Å². The molecule has 38 heavy (non-hydrogen) atoms. The zero-order chi connectivity index (χ0) is 27.7. The summed E-state index contributed by atoms with van der Waals surface area (Å²) in [6, 6.07) is 7.87. The van der Waals surface area contributed by atoms with Crippen LogP contribution in [0.3, 0.4) is 0 Å². The largest absolute Gasteiger partial charge is 0.463 e. The van der Waals surface area contributed by atoms with Crippen molar-refractivity contribution in [3.8, 4) is 0 Å². The van der Waals surface area contributed by atoms with E-state index in [0.29, 0.717) is 21.6 Å². The highest BCUT2D eigenvalue weighted by molar-refractivity contribution is 7.55. The van der Waals surface area contributed by atoms with Crippen LogP contribution in [0.1, 0.15) is 38.2 Å². The van der Waals surface area contributed by atoms with Crippen LogP contribution in [-0.2, 0) is 37.4 Å². The highest BCUT2D eigenvalue weighted by Gasteiger charge is 2.62. The average Bonchev–Trinajstić information content (AvgIpc) is 3.06. The van der Waals surface area contributed by atoms with Gasteiger partial charge in [-0.05, 0) is 23.8 Å². The molecule has 2 aliphatic rings. The summed E-state index contributed by atoms with van der Waals surface area (Å²) in [6.45, 7) is 1.40. The van der Waals surface area contributed by atoms with Gasteiger partial charge in [-0.25, -0.2) is 9.36 Å². The van der Waals surface area contributed by atoms with Crippen molar-refractivity contribution < 1.29 is 46.2 Å². The van der Waals surface area contributed by atoms with Gasteiger partial charge < -0.3 is 14.2 Å². The molecule has 1 aromatic heterocycles. The molecule has 0 bridgehead atoms. The number of halogens is 3. The second-order valence-corrected chi connectivity index (χ2v) is 10.5. The van der Waals surface area contributed by atoms with E-state index in [4.69, 9.17) is 34.9 Å². The number of ether oxygens (including phenoxy) is 3. The Morgan fingerprint density at radius 2 is 2.05 bits per heavy atom. The number of hydrogen-bond acceptors (Lipinski definition) is 10. The van der Waals surface area contributed by atoms with Gasteiger partial charge >= 0.3 is 31.3 Å². The van der Waals surface area contributed by atoms with Crippen LogP contribution in [0.15, 0.2) is 41.3 Å². The third kappa shape index (κ3) is 6.21. The topological polar surface area (TPSA) is 144 Å². The molecule has 2 unspecified atom stereocenters. The van der Waals surface area contributed by atoms with Gasteiger partial charge in [0.25, 0.3) is 0 Å². The van der Waals surface area contributed by atoms with E-state index >= 15 is 8.78 Å². The summed E-state index contributed by atoms with van der Waals surface area (Å²) in [6.07, 6.45) is -5.26. The van der Waals surface area contributed by atoms with Gasteiger partial charge in [0.2, 0.25) is 6.23 Å².